The van der Waals surface area contributed by atoms with Crippen molar-refractivity contribution in [2.45, 2.75) is 19.3 Å². The Labute approximate surface area is 189 Å². The van der Waals surface area contributed by atoms with Crippen LogP contribution in [0.1, 0.15) is 16.7 Å². The predicted molar refractivity (Wildman–Crippen MR) is 118 cm³/mol. The highest BCUT2D eigenvalue weighted by atomic mass is 127. The molecule has 0 atom stereocenters. The standard InChI is InChI=1S/C20H23F4N3O2.HI/c1-25-19(26-12-14-3-7-17(8-4-14)29-10-9-28-2)27-13-15-5-6-16(21)11-18(15)20(22,23)24;/h3-8,11H,9-10,12-13H2,1-2H3,(H2,25,26,27);1H. The maximum atomic E-state index is 13.2. The van der Waals surface area contributed by atoms with Gasteiger partial charge in [-0.05, 0) is 35.4 Å². The highest BCUT2D eigenvalue weighted by Gasteiger charge is 2.33. The van der Waals surface area contributed by atoms with Gasteiger partial charge < -0.3 is 20.1 Å². The Morgan fingerprint density at radius 3 is 2.27 bits per heavy atom. The van der Waals surface area contributed by atoms with Crippen LogP contribution in [0.4, 0.5) is 17.6 Å². The number of nitrogens with zero attached hydrogens (tertiary/aromatic N) is 1. The highest BCUT2D eigenvalue weighted by molar-refractivity contribution is 14.0. The van der Waals surface area contributed by atoms with Crippen LogP contribution in [0.2, 0.25) is 0 Å². The Bertz CT molecular complexity index is 815. The molecular weight excluding hydrogens is 517 g/mol. The monoisotopic (exact) mass is 541 g/mol. The number of benzene rings is 2. The number of ether oxygens (including phenoxy) is 2. The predicted octanol–water partition coefficient (Wildman–Crippen LogP) is 4.35. The zero-order valence-corrected chi connectivity index (χ0v) is 18.9. The van der Waals surface area contributed by atoms with Gasteiger partial charge in [0.05, 0.1) is 12.2 Å². The zero-order valence-electron chi connectivity index (χ0n) is 16.6. The van der Waals surface area contributed by atoms with Gasteiger partial charge in [-0.2, -0.15) is 13.2 Å². The van der Waals surface area contributed by atoms with Crippen molar-refractivity contribution in [1.29, 1.82) is 0 Å². The highest BCUT2D eigenvalue weighted by Crippen LogP contribution is 2.32. The first-order chi connectivity index (χ1) is 13.8. The second-order valence-electron chi connectivity index (χ2n) is 6.06. The Balaban J connectivity index is 0.00000450. The van der Waals surface area contributed by atoms with Gasteiger partial charge in [0.2, 0.25) is 0 Å². The summed E-state index contributed by atoms with van der Waals surface area (Å²) in [6.07, 6.45) is -4.64. The summed E-state index contributed by atoms with van der Waals surface area (Å²) in [4.78, 5) is 4.00. The number of guanidine groups is 1. The minimum Gasteiger partial charge on any atom is -0.491 e. The number of rotatable bonds is 8. The van der Waals surface area contributed by atoms with E-state index in [-0.39, 0.29) is 36.1 Å². The van der Waals surface area contributed by atoms with Crippen molar-refractivity contribution < 1.29 is 27.0 Å². The van der Waals surface area contributed by atoms with Gasteiger partial charge in [-0.3, -0.25) is 4.99 Å². The summed E-state index contributed by atoms with van der Waals surface area (Å²) in [5.41, 5.74) is -0.145. The molecule has 0 heterocycles. The van der Waals surface area contributed by atoms with Crippen LogP contribution >= 0.6 is 24.0 Å². The maximum Gasteiger partial charge on any atom is 0.416 e. The van der Waals surface area contributed by atoms with Gasteiger partial charge >= 0.3 is 6.18 Å². The normalized spacial score (nSPS) is 11.6. The molecule has 0 saturated carbocycles. The average Bonchev–Trinajstić information content (AvgIpc) is 2.69. The van der Waals surface area contributed by atoms with Gasteiger partial charge in [-0.25, -0.2) is 4.39 Å². The van der Waals surface area contributed by atoms with Gasteiger partial charge in [0, 0.05) is 27.2 Å². The first-order valence-electron chi connectivity index (χ1n) is 8.84. The Hall–Kier alpha value is -2.08. The number of aliphatic imine (C=N–C) groups is 1. The number of methoxy groups -OCH3 is 1. The zero-order chi connectivity index (χ0) is 21.3. The molecule has 0 aromatic heterocycles. The largest absolute Gasteiger partial charge is 0.491 e. The van der Waals surface area contributed by atoms with E-state index in [0.29, 0.717) is 37.5 Å². The molecule has 0 fully saturated rings. The number of nitrogens with one attached hydrogen (secondary N) is 2. The van der Waals surface area contributed by atoms with E-state index in [9.17, 15) is 17.6 Å². The van der Waals surface area contributed by atoms with Crippen molar-refractivity contribution in [3.05, 3.63) is 65.0 Å². The summed E-state index contributed by atoms with van der Waals surface area (Å²) in [7, 11) is 3.11. The number of hydrogen-bond donors (Lipinski definition) is 2. The lowest BCUT2D eigenvalue weighted by Gasteiger charge is -2.16. The molecule has 0 saturated heterocycles. The fourth-order valence-electron chi connectivity index (χ4n) is 2.50. The molecule has 0 aliphatic rings. The van der Waals surface area contributed by atoms with Gasteiger partial charge in [0.15, 0.2) is 5.96 Å². The molecule has 2 rings (SSSR count). The topological polar surface area (TPSA) is 54.9 Å². The van der Waals surface area contributed by atoms with Gasteiger partial charge in [0.25, 0.3) is 0 Å². The minimum atomic E-state index is -4.64. The Morgan fingerprint density at radius 2 is 1.67 bits per heavy atom. The summed E-state index contributed by atoms with van der Waals surface area (Å²) in [5, 5.41) is 5.83. The van der Waals surface area contributed by atoms with E-state index >= 15 is 0 Å². The third-order valence-corrected chi connectivity index (χ3v) is 3.99. The van der Waals surface area contributed by atoms with Crippen molar-refractivity contribution >= 4 is 29.9 Å². The van der Waals surface area contributed by atoms with E-state index in [0.717, 1.165) is 17.7 Å². The molecule has 2 aromatic carbocycles. The molecule has 10 heteroatoms. The molecule has 0 bridgehead atoms. The van der Waals surface area contributed by atoms with Crippen LogP contribution in [-0.2, 0) is 24.0 Å². The van der Waals surface area contributed by atoms with Crippen molar-refractivity contribution in [2.75, 3.05) is 27.4 Å². The SMILES string of the molecule is CN=C(NCc1ccc(OCCOC)cc1)NCc1ccc(F)cc1C(F)(F)F.I. The van der Waals surface area contributed by atoms with Crippen LogP contribution < -0.4 is 15.4 Å². The van der Waals surface area contributed by atoms with Crippen LogP contribution in [0.25, 0.3) is 0 Å². The number of alkyl halides is 3. The van der Waals surface area contributed by atoms with E-state index in [1.165, 1.54) is 7.05 Å². The van der Waals surface area contributed by atoms with Gasteiger partial charge in [-0.15, -0.1) is 24.0 Å². The summed E-state index contributed by atoms with van der Waals surface area (Å²) < 4.78 is 62.8. The summed E-state index contributed by atoms with van der Waals surface area (Å²) in [6.45, 7) is 1.21. The molecule has 166 valence electrons. The maximum absolute atomic E-state index is 13.2. The fourth-order valence-corrected chi connectivity index (χ4v) is 2.50. The summed E-state index contributed by atoms with van der Waals surface area (Å²) in [6, 6.07) is 9.96. The van der Waals surface area contributed by atoms with Crippen LogP contribution in [0.15, 0.2) is 47.5 Å². The van der Waals surface area contributed by atoms with E-state index in [1.54, 1.807) is 7.11 Å². The quantitative estimate of drug-likeness (QED) is 0.172. The van der Waals surface area contributed by atoms with Crippen LogP contribution in [0, 0.1) is 5.82 Å². The number of hydrogen-bond acceptors (Lipinski definition) is 3. The molecule has 2 N–H and O–H groups in total. The van der Waals surface area contributed by atoms with Gasteiger partial charge in [-0.1, -0.05) is 18.2 Å². The lowest BCUT2D eigenvalue weighted by atomic mass is 10.1. The van der Waals surface area contributed by atoms with Crippen LogP contribution in [-0.4, -0.2) is 33.3 Å². The molecule has 2 aromatic rings. The molecule has 5 nitrogen and oxygen atoms in total. The molecule has 30 heavy (non-hydrogen) atoms. The smallest absolute Gasteiger partial charge is 0.416 e. The summed E-state index contributed by atoms with van der Waals surface area (Å²) in [5.74, 6) is 0.102. The third-order valence-electron chi connectivity index (χ3n) is 3.99. The van der Waals surface area contributed by atoms with Crippen molar-refractivity contribution in [3.8, 4) is 5.75 Å². The first kappa shape index (κ1) is 26.0. The average molecular weight is 541 g/mol. The molecule has 0 spiro atoms. The van der Waals surface area contributed by atoms with Crippen LogP contribution in [0.3, 0.4) is 0 Å². The second-order valence-corrected chi connectivity index (χ2v) is 6.06. The van der Waals surface area contributed by atoms with E-state index in [4.69, 9.17) is 9.47 Å². The van der Waals surface area contributed by atoms with Crippen molar-refractivity contribution in [3.63, 3.8) is 0 Å². The Kier molecular flexibility index (Phi) is 10.9. The molecule has 0 radical (unpaired) electrons. The first-order valence-corrected chi connectivity index (χ1v) is 8.84. The van der Waals surface area contributed by atoms with E-state index in [2.05, 4.69) is 15.6 Å². The second kappa shape index (κ2) is 12.6. The Morgan fingerprint density at radius 1 is 1.00 bits per heavy atom. The molecule has 0 unspecified atom stereocenters. The summed E-state index contributed by atoms with van der Waals surface area (Å²) >= 11 is 0. The minimum absolute atomic E-state index is 0. The van der Waals surface area contributed by atoms with Gasteiger partial charge in [0.1, 0.15) is 18.2 Å². The molecule has 0 aliphatic heterocycles. The van der Waals surface area contributed by atoms with Crippen molar-refractivity contribution in [2.24, 2.45) is 4.99 Å². The molecule has 0 amide bonds. The lowest BCUT2D eigenvalue weighted by Crippen LogP contribution is -2.36. The third kappa shape index (κ3) is 8.34. The van der Waals surface area contributed by atoms with Crippen molar-refractivity contribution in [1.82, 2.24) is 10.6 Å². The molecular formula is C20H24F4IN3O2. The van der Waals surface area contributed by atoms with E-state index in [1.807, 2.05) is 24.3 Å². The fraction of sp³-hybridized carbons (Fsp3) is 0.350. The van der Waals surface area contributed by atoms with E-state index < -0.39 is 17.6 Å². The number of halogens is 5. The lowest BCUT2D eigenvalue weighted by molar-refractivity contribution is -0.138. The van der Waals surface area contributed by atoms with Crippen LogP contribution in [0.5, 0.6) is 5.75 Å². The molecule has 0 aliphatic carbocycles.